The van der Waals surface area contributed by atoms with Gasteiger partial charge in [0.25, 0.3) is 0 Å². The van der Waals surface area contributed by atoms with E-state index in [-0.39, 0.29) is 11.3 Å². The lowest BCUT2D eigenvalue weighted by Crippen LogP contribution is -2.14. The van der Waals surface area contributed by atoms with Crippen molar-refractivity contribution in [3.05, 3.63) is 47.4 Å². The van der Waals surface area contributed by atoms with E-state index in [0.29, 0.717) is 6.04 Å². The zero-order valence-corrected chi connectivity index (χ0v) is 14.4. The van der Waals surface area contributed by atoms with Crippen molar-refractivity contribution in [2.75, 3.05) is 5.32 Å². The van der Waals surface area contributed by atoms with E-state index < -0.39 is 0 Å². The third-order valence-corrected chi connectivity index (χ3v) is 4.92. The van der Waals surface area contributed by atoms with Crippen molar-refractivity contribution < 1.29 is 0 Å². The van der Waals surface area contributed by atoms with E-state index in [2.05, 4.69) is 51.0 Å². The van der Waals surface area contributed by atoms with Crippen molar-refractivity contribution in [3.8, 4) is 0 Å². The first-order chi connectivity index (χ1) is 11.7. The van der Waals surface area contributed by atoms with Crippen LogP contribution in [-0.4, -0.2) is 19.5 Å². The highest BCUT2D eigenvalue weighted by atomic mass is 35.5. The topological polar surface area (TPSA) is 55.6 Å². The average Bonchev–Trinajstić information content (AvgIpc) is 3.22. The predicted octanol–water partition coefficient (Wildman–Crippen LogP) is 4.77. The minimum Gasteiger partial charge on any atom is -0.349 e. The summed E-state index contributed by atoms with van der Waals surface area (Å²) < 4.78 is 2.22. The maximum atomic E-state index is 6.02. The Bertz CT molecular complexity index is 839. The molecule has 3 aromatic rings. The lowest BCUT2D eigenvalue weighted by atomic mass is 10.1. The molecule has 1 aliphatic rings. The van der Waals surface area contributed by atoms with E-state index in [1.165, 1.54) is 18.4 Å². The van der Waals surface area contributed by atoms with E-state index in [1.54, 1.807) is 6.20 Å². The molecule has 0 amide bonds. The fourth-order valence-electron chi connectivity index (χ4n) is 3.50. The number of imidazole rings is 1. The van der Waals surface area contributed by atoms with Crippen LogP contribution in [0, 0.1) is 0 Å². The van der Waals surface area contributed by atoms with Gasteiger partial charge in [-0.15, -0.1) is 0 Å². The Morgan fingerprint density at radius 2 is 1.92 bits per heavy atom. The van der Waals surface area contributed by atoms with Gasteiger partial charge in [0.1, 0.15) is 5.52 Å². The van der Waals surface area contributed by atoms with Crippen LogP contribution in [0.25, 0.3) is 11.2 Å². The molecular weight excluding hydrogens is 322 g/mol. The molecular formula is C18H20ClN5. The molecule has 1 unspecified atom stereocenters. The molecule has 0 saturated heterocycles. The molecule has 24 heavy (non-hydrogen) atoms. The summed E-state index contributed by atoms with van der Waals surface area (Å²) in [7, 11) is 0. The molecule has 0 radical (unpaired) electrons. The Labute approximate surface area is 146 Å². The van der Waals surface area contributed by atoms with Crippen LogP contribution < -0.4 is 5.32 Å². The minimum absolute atomic E-state index is 0.159. The smallest absolute Gasteiger partial charge is 0.224 e. The van der Waals surface area contributed by atoms with E-state index in [4.69, 9.17) is 16.6 Å². The minimum atomic E-state index is 0.159. The molecule has 0 spiro atoms. The van der Waals surface area contributed by atoms with E-state index in [1.807, 2.05) is 6.07 Å². The Balaban J connectivity index is 1.75. The molecule has 1 aliphatic carbocycles. The van der Waals surface area contributed by atoms with Crippen molar-refractivity contribution in [2.24, 2.45) is 0 Å². The first-order valence-electron chi connectivity index (χ1n) is 8.44. The summed E-state index contributed by atoms with van der Waals surface area (Å²) >= 11 is 6.02. The van der Waals surface area contributed by atoms with Gasteiger partial charge in [-0.1, -0.05) is 43.2 Å². The van der Waals surface area contributed by atoms with Gasteiger partial charge in [0.2, 0.25) is 11.2 Å². The third kappa shape index (κ3) is 2.84. The molecule has 1 saturated carbocycles. The maximum absolute atomic E-state index is 6.02. The normalized spacial score (nSPS) is 16.6. The van der Waals surface area contributed by atoms with Crippen molar-refractivity contribution in [1.29, 1.82) is 0 Å². The van der Waals surface area contributed by atoms with Crippen molar-refractivity contribution in [2.45, 2.75) is 44.7 Å². The van der Waals surface area contributed by atoms with Crippen LogP contribution >= 0.6 is 11.6 Å². The second kappa shape index (κ2) is 6.40. The maximum Gasteiger partial charge on any atom is 0.224 e. The lowest BCUT2D eigenvalue weighted by Gasteiger charge is -2.20. The molecule has 1 N–H and O–H groups in total. The number of fused-ring (bicyclic) bond motifs is 1. The number of benzene rings is 1. The van der Waals surface area contributed by atoms with Gasteiger partial charge >= 0.3 is 0 Å². The second-order valence-corrected chi connectivity index (χ2v) is 6.71. The average molecular weight is 342 g/mol. The summed E-state index contributed by atoms with van der Waals surface area (Å²) in [6.07, 6.45) is 6.51. The molecule has 5 nitrogen and oxygen atoms in total. The van der Waals surface area contributed by atoms with Gasteiger partial charge < -0.3 is 5.32 Å². The second-order valence-electron chi connectivity index (χ2n) is 6.37. The van der Waals surface area contributed by atoms with Crippen LogP contribution in [0.1, 0.15) is 50.3 Å². The van der Waals surface area contributed by atoms with E-state index >= 15 is 0 Å². The van der Waals surface area contributed by atoms with Crippen LogP contribution in [0.5, 0.6) is 0 Å². The van der Waals surface area contributed by atoms with Crippen LogP contribution in [0.15, 0.2) is 36.5 Å². The van der Waals surface area contributed by atoms with Crippen molar-refractivity contribution in [3.63, 3.8) is 0 Å². The summed E-state index contributed by atoms with van der Waals surface area (Å²) in [6, 6.07) is 11.0. The van der Waals surface area contributed by atoms with Gasteiger partial charge in [0.15, 0.2) is 5.65 Å². The van der Waals surface area contributed by atoms with Gasteiger partial charge in [-0.3, -0.25) is 4.57 Å². The van der Waals surface area contributed by atoms with Crippen LogP contribution in [0.2, 0.25) is 5.28 Å². The Morgan fingerprint density at radius 1 is 1.17 bits per heavy atom. The summed E-state index contributed by atoms with van der Waals surface area (Å²) in [6.45, 7) is 2.15. The highest BCUT2D eigenvalue weighted by molar-refractivity contribution is 6.28. The van der Waals surface area contributed by atoms with Gasteiger partial charge in [0, 0.05) is 6.04 Å². The molecule has 0 bridgehead atoms. The first kappa shape index (κ1) is 15.4. The molecule has 124 valence electrons. The monoisotopic (exact) mass is 341 g/mol. The van der Waals surface area contributed by atoms with Crippen molar-refractivity contribution >= 4 is 28.7 Å². The number of hydrogen-bond acceptors (Lipinski definition) is 4. The Hall–Kier alpha value is -2.14. The zero-order chi connectivity index (χ0) is 16.5. The predicted molar refractivity (Wildman–Crippen MR) is 96.3 cm³/mol. The fraction of sp³-hybridized carbons (Fsp3) is 0.389. The van der Waals surface area contributed by atoms with E-state index in [0.717, 1.165) is 30.0 Å². The molecule has 6 heteroatoms. The highest BCUT2D eigenvalue weighted by Crippen LogP contribution is 2.35. The number of aromatic nitrogens is 4. The SMILES string of the molecule is CC(Nc1nc2cnc(Cl)nc2n1C1CCCC1)c1ccccc1. The number of nitrogens with zero attached hydrogens (tertiary/aromatic N) is 4. The number of anilines is 1. The number of hydrogen-bond donors (Lipinski definition) is 1. The molecule has 2 aromatic heterocycles. The molecule has 2 heterocycles. The Kier molecular flexibility index (Phi) is 4.10. The molecule has 4 rings (SSSR count). The Morgan fingerprint density at radius 3 is 2.67 bits per heavy atom. The standard InChI is InChI=1S/C18H20ClN5/c1-12(13-7-3-2-4-8-13)21-18-22-15-11-20-17(19)23-16(15)24(18)14-9-5-6-10-14/h2-4,7-8,11-12,14H,5-6,9-10H2,1H3,(H,21,22). The summed E-state index contributed by atoms with van der Waals surface area (Å²) in [4.78, 5) is 13.2. The lowest BCUT2D eigenvalue weighted by molar-refractivity contribution is 0.531. The van der Waals surface area contributed by atoms with Crippen molar-refractivity contribution in [1.82, 2.24) is 19.5 Å². The highest BCUT2D eigenvalue weighted by Gasteiger charge is 2.24. The number of nitrogens with one attached hydrogen (secondary N) is 1. The largest absolute Gasteiger partial charge is 0.349 e. The van der Waals surface area contributed by atoms with Gasteiger partial charge in [0.05, 0.1) is 12.2 Å². The van der Waals surface area contributed by atoms with E-state index in [9.17, 15) is 0 Å². The molecule has 0 aliphatic heterocycles. The quantitative estimate of drug-likeness (QED) is 0.694. The summed E-state index contributed by atoms with van der Waals surface area (Å²) in [5.74, 6) is 0.852. The molecule has 1 aromatic carbocycles. The molecule has 1 atom stereocenters. The van der Waals surface area contributed by atoms with Crippen LogP contribution in [0.4, 0.5) is 5.95 Å². The summed E-state index contributed by atoms with van der Waals surface area (Å²) in [5.41, 5.74) is 2.84. The van der Waals surface area contributed by atoms with Gasteiger partial charge in [-0.2, -0.15) is 4.98 Å². The van der Waals surface area contributed by atoms with Gasteiger partial charge in [-0.05, 0) is 36.9 Å². The van der Waals surface area contributed by atoms with Crippen LogP contribution in [-0.2, 0) is 0 Å². The third-order valence-electron chi connectivity index (χ3n) is 4.74. The van der Waals surface area contributed by atoms with Gasteiger partial charge in [-0.25, -0.2) is 9.97 Å². The number of rotatable bonds is 4. The molecule has 1 fully saturated rings. The number of halogens is 1. The zero-order valence-electron chi connectivity index (χ0n) is 13.6. The fourth-order valence-corrected chi connectivity index (χ4v) is 3.63. The summed E-state index contributed by atoms with van der Waals surface area (Å²) in [5, 5.41) is 3.82. The first-order valence-corrected chi connectivity index (χ1v) is 8.82. The van der Waals surface area contributed by atoms with Crippen LogP contribution in [0.3, 0.4) is 0 Å².